The normalized spacial score (nSPS) is 16.5. The molecule has 2 amide bonds. The predicted molar refractivity (Wildman–Crippen MR) is 113 cm³/mol. The molecular weight excluding hydrogens is 348 g/mol. The molecule has 28 heavy (non-hydrogen) atoms. The summed E-state index contributed by atoms with van der Waals surface area (Å²) in [6.07, 6.45) is 0.768. The van der Waals surface area contributed by atoms with E-state index in [2.05, 4.69) is 23.5 Å². The minimum absolute atomic E-state index is 0.000460. The summed E-state index contributed by atoms with van der Waals surface area (Å²) in [5, 5.41) is 3.12. The number of aryl methyl sites for hydroxylation is 3. The van der Waals surface area contributed by atoms with Crippen LogP contribution in [-0.2, 0) is 16.0 Å². The maximum Gasteiger partial charge on any atom is 0.251 e. The fraction of sp³-hybridized carbons (Fsp3) is 0.417. The van der Waals surface area contributed by atoms with Crippen molar-refractivity contribution in [1.82, 2.24) is 4.90 Å². The molecule has 1 unspecified atom stereocenters. The van der Waals surface area contributed by atoms with Crippen molar-refractivity contribution in [2.24, 2.45) is 5.41 Å². The van der Waals surface area contributed by atoms with Crippen LogP contribution in [0.1, 0.15) is 54.6 Å². The lowest BCUT2D eigenvalue weighted by Gasteiger charge is -2.39. The smallest absolute Gasteiger partial charge is 0.251 e. The lowest BCUT2D eigenvalue weighted by Crippen LogP contribution is -2.49. The van der Waals surface area contributed by atoms with E-state index in [-0.39, 0.29) is 11.8 Å². The number of fused-ring (bicyclic) bond motifs is 1. The second-order valence-electron chi connectivity index (χ2n) is 8.86. The van der Waals surface area contributed by atoms with Crippen molar-refractivity contribution in [3.05, 3.63) is 64.2 Å². The van der Waals surface area contributed by atoms with Gasteiger partial charge in [0.05, 0.1) is 0 Å². The fourth-order valence-electron chi connectivity index (χ4n) is 4.07. The Balaban J connectivity index is 2.02. The topological polar surface area (TPSA) is 49.4 Å². The van der Waals surface area contributed by atoms with E-state index >= 15 is 0 Å². The number of nitrogens with zero attached hydrogens (tertiary/aromatic N) is 1. The molecule has 4 heteroatoms. The van der Waals surface area contributed by atoms with Gasteiger partial charge in [-0.15, -0.1) is 0 Å². The Kier molecular flexibility index (Phi) is 5.33. The van der Waals surface area contributed by atoms with Gasteiger partial charge in [-0.1, -0.05) is 62.7 Å². The molecule has 1 heterocycles. The molecule has 2 aromatic rings. The van der Waals surface area contributed by atoms with Crippen LogP contribution >= 0.6 is 0 Å². The van der Waals surface area contributed by atoms with Crippen LogP contribution in [0, 0.1) is 26.2 Å². The minimum atomic E-state index is -0.614. The third-order valence-electron chi connectivity index (χ3n) is 5.36. The Morgan fingerprint density at radius 1 is 1.04 bits per heavy atom. The van der Waals surface area contributed by atoms with Crippen molar-refractivity contribution in [2.45, 2.75) is 54.0 Å². The quantitative estimate of drug-likeness (QED) is 0.822. The number of hydrogen-bond acceptors (Lipinski definition) is 2. The highest BCUT2D eigenvalue weighted by molar-refractivity contribution is 6.00. The van der Waals surface area contributed by atoms with Crippen molar-refractivity contribution in [2.75, 3.05) is 11.9 Å². The van der Waals surface area contributed by atoms with E-state index in [9.17, 15) is 9.59 Å². The molecule has 1 aliphatic rings. The monoisotopic (exact) mass is 378 g/mol. The third kappa shape index (κ3) is 3.82. The van der Waals surface area contributed by atoms with E-state index in [1.165, 1.54) is 5.56 Å². The van der Waals surface area contributed by atoms with Gasteiger partial charge in [-0.25, -0.2) is 0 Å². The van der Waals surface area contributed by atoms with Crippen molar-refractivity contribution < 1.29 is 9.59 Å². The minimum Gasteiger partial charge on any atom is -0.326 e. The molecule has 3 rings (SSSR count). The zero-order valence-electron chi connectivity index (χ0n) is 17.7. The molecule has 0 radical (unpaired) electrons. The van der Waals surface area contributed by atoms with Crippen LogP contribution in [0.3, 0.4) is 0 Å². The Morgan fingerprint density at radius 2 is 1.64 bits per heavy atom. The van der Waals surface area contributed by atoms with Crippen LogP contribution in [0.5, 0.6) is 0 Å². The fourth-order valence-corrected chi connectivity index (χ4v) is 4.07. The molecule has 0 saturated carbocycles. The van der Waals surface area contributed by atoms with Crippen molar-refractivity contribution >= 4 is 17.5 Å². The van der Waals surface area contributed by atoms with Gasteiger partial charge in [-0.05, 0) is 49.4 Å². The molecule has 0 aromatic heterocycles. The third-order valence-corrected chi connectivity index (χ3v) is 5.36. The maximum absolute atomic E-state index is 13.5. The molecule has 0 spiro atoms. The van der Waals surface area contributed by atoms with E-state index in [1.54, 1.807) is 4.90 Å². The van der Waals surface area contributed by atoms with Crippen LogP contribution in [0.25, 0.3) is 0 Å². The summed E-state index contributed by atoms with van der Waals surface area (Å²) in [6, 6.07) is 11.5. The van der Waals surface area contributed by atoms with E-state index in [0.717, 1.165) is 34.4 Å². The second-order valence-corrected chi connectivity index (χ2v) is 8.86. The number of anilines is 1. The van der Waals surface area contributed by atoms with Gasteiger partial charge in [0.1, 0.15) is 6.04 Å². The molecule has 0 aliphatic carbocycles. The number of benzene rings is 2. The van der Waals surface area contributed by atoms with Gasteiger partial charge in [0.2, 0.25) is 5.91 Å². The number of amides is 2. The van der Waals surface area contributed by atoms with Gasteiger partial charge < -0.3 is 10.2 Å². The SMILES string of the molecule is Cc1cc(C)c(NC(=O)C2c3ccccc3CCN2C(=O)C(C)(C)C)c(C)c1. The Labute approximate surface area is 167 Å². The molecular formula is C24H30N2O2. The molecule has 1 aliphatic heterocycles. The molecule has 1 atom stereocenters. The lowest BCUT2D eigenvalue weighted by molar-refractivity contribution is -0.146. The Morgan fingerprint density at radius 3 is 2.25 bits per heavy atom. The van der Waals surface area contributed by atoms with Crippen LogP contribution < -0.4 is 5.32 Å². The van der Waals surface area contributed by atoms with Gasteiger partial charge in [0, 0.05) is 17.6 Å². The number of rotatable bonds is 2. The molecule has 1 N–H and O–H groups in total. The predicted octanol–water partition coefficient (Wildman–Crippen LogP) is 4.72. The number of hydrogen-bond donors (Lipinski definition) is 1. The molecule has 0 saturated heterocycles. The van der Waals surface area contributed by atoms with E-state index in [1.807, 2.05) is 59.7 Å². The second kappa shape index (κ2) is 7.42. The average molecular weight is 379 g/mol. The first-order valence-corrected chi connectivity index (χ1v) is 9.87. The van der Waals surface area contributed by atoms with Gasteiger partial charge in [-0.2, -0.15) is 0 Å². The first-order chi connectivity index (χ1) is 13.1. The number of carbonyl (C=O) groups excluding carboxylic acids is 2. The number of nitrogens with one attached hydrogen (secondary N) is 1. The lowest BCUT2D eigenvalue weighted by atomic mass is 9.87. The number of carbonyl (C=O) groups is 2. The van der Waals surface area contributed by atoms with Crippen LogP contribution in [0.2, 0.25) is 0 Å². The standard InChI is InChI=1S/C24H30N2O2/c1-15-13-16(2)20(17(3)14-15)25-22(27)21-19-10-8-7-9-18(19)11-12-26(21)23(28)24(4,5)6/h7-10,13-14,21H,11-12H2,1-6H3,(H,25,27). The largest absolute Gasteiger partial charge is 0.326 e. The zero-order valence-corrected chi connectivity index (χ0v) is 17.7. The van der Waals surface area contributed by atoms with Crippen molar-refractivity contribution in [3.63, 3.8) is 0 Å². The summed E-state index contributed by atoms with van der Waals surface area (Å²) in [7, 11) is 0. The average Bonchev–Trinajstić information content (AvgIpc) is 2.62. The van der Waals surface area contributed by atoms with Crippen LogP contribution in [0.15, 0.2) is 36.4 Å². The maximum atomic E-state index is 13.5. The van der Waals surface area contributed by atoms with E-state index in [4.69, 9.17) is 0 Å². The Bertz CT molecular complexity index is 901. The van der Waals surface area contributed by atoms with Gasteiger partial charge in [0.15, 0.2) is 0 Å². The molecule has 2 aromatic carbocycles. The molecule has 0 bridgehead atoms. The summed E-state index contributed by atoms with van der Waals surface area (Å²) in [5.74, 6) is -0.153. The van der Waals surface area contributed by atoms with Crippen LogP contribution in [0.4, 0.5) is 5.69 Å². The van der Waals surface area contributed by atoms with Gasteiger partial charge >= 0.3 is 0 Å². The molecule has 4 nitrogen and oxygen atoms in total. The zero-order chi connectivity index (χ0) is 20.6. The summed E-state index contributed by atoms with van der Waals surface area (Å²) >= 11 is 0. The van der Waals surface area contributed by atoms with E-state index in [0.29, 0.717) is 6.54 Å². The van der Waals surface area contributed by atoms with Crippen molar-refractivity contribution in [1.29, 1.82) is 0 Å². The van der Waals surface area contributed by atoms with E-state index < -0.39 is 11.5 Å². The first kappa shape index (κ1) is 20.1. The highest BCUT2D eigenvalue weighted by atomic mass is 16.2. The highest BCUT2D eigenvalue weighted by Crippen LogP contribution is 2.34. The Hall–Kier alpha value is -2.62. The molecule has 148 valence electrons. The van der Waals surface area contributed by atoms with Gasteiger partial charge in [-0.3, -0.25) is 9.59 Å². The summed E-state index contributed by atoms with van der Waals surface area (Å²) in [4.78, 5) is 28.3. The summed E-state index contributed by atoms with van der Waals surface area (Å²) < 4.78 is 0. The highest BCUT2D eigenvalue weighted by Gasteiger charge is 2.39. The van der Waals surface area contributed by atoms with Crippen LogP contribution in [-0.4, -0.2) is 23.3 Å². The summed E-state index contributed by atoms with van der Waals surface area (Å²) in [6.45, 7) is 12.3. The molecule has 0 fully saturated rings. The first-order valence-electron chi connectivity index (χ1n) is 9.87. The van der Waals surface area contributed by atoms with Crippen molar-refractivity contribution in [3.8, 4) is 0 Å². The summed E-state index contributed by atoms with van der Waals surface area (Å²) in [5.41, 5.74) is 5.58. The van der Waals surface area contributed by atoms with Gasteiger partial charge in [0.25, 0.3) is 5.91 Å².